The van der Waals surface area contributed by atoms with E-state index in [4.69, 9.17) is 0 Å². The van der Waals surface area contributed by atoms with Crippen LogP contribution in [0, 0.1) is 0 Å². The summed E-state index contributed by atoms with van der Waals surface area (Å²) in [4.78, 5) is 15.3. The fourth-order valence-electron chi connectivity index (χ4n) is 1.39. The zero-order valence-electron chi connectivity index (χ0n) is 8.90. The summed E-state index contributed by atoms with van der Waals surface area (Å²) >= 11 is 0. The zero-order valence-corrected chi connectivity index (χ0v) is 8.90. The van der Waals surface area contributed by atoms with Crippen LogP contribution in [-0.2, 0) is 6.18 Å². The van der Waals surface area contributed by atoms with E-state index >= 15 is 0 Å². The van der Waals surface area contributed by atoms with Crippen LogP contribution in [0.3, 0.4) is 0 Å². The number of nitrogens with zero attached hydrogens (tertiary/aromatic N) is 3. The lowest BCUT2D eigenvalue weighted by atomic mass is 10.1. The fourth-order valence-corrected chi connectivity index (χ4v) is 1.39. The molecular weight excluding hydrogens is 249 g/mol. The number of azo groups is 1. The predicted molar refractivity (Wildman–Crippen MR) is 56.1 cm³/mol. The summed E-state index contributed by atoms with van der Waals surface area (Å²) < 4.78 is 38.0. The number of nitrogens with one attached hydrogen (secondary N) is 1. The summed E-state index contributed by atoms with van der Waals surface area (Å²) in [5.74, 6) is -1.00. The Hall–Kier alpha value is -2.25. The highest BCUT2D eigenvalue weighted by atomic mass is 19.4. The van der Waals surface area contributed by atoms with Gasteiger partial charge in [0, 0.05) is 0 Å². The van der Waals surface area contributed by atoms with Gasteiger partial charge in [0.1, 0.15) is 0 Å². The van der Waals surface area contributed by atoms with Gasteiger partial charge in [-0.2, -0.15) is 18.3 Å². The van der Waals surface area contributed by atoms with Crippen molar-refractivity contribution in [2.45, 2.75) is 6.18 Å². The molecule has 1 amide bonds. The average molecular weight is 256 g/mol. The van der Waals surface area contributed by atoms with Crippen LogP contribution in [0.25, 0.3) is 0 Å². The quantitative estimate of drug-likeness (QED) is 0.822. The van der Waals surface area contributed by atoms with Crippen molar-refractivity contribution in [3.63, 3.8) is 0 Å². The smallest absolute Gasteiger partial charge is 0.289 e. The standard InChI is InChI=1S/C10H7F3N4O/c11-10(12,13)7-4-2-1-3-6(7)8(18)16-9-14-5-15-17-9/h1-4H,5H2,(H,14,16,18). The molecule has 94 valence electrons. The number of benzene rings is 1. The molecule has 0 spiro atoms. The number of halogens is 3. The number of rotatable bonds is 1. The summed E-state index contributed by atoms with van der Waals surface area (Å²) in [7, 11) is 0. The van der Waals surface area contributed by atoms with Crippen LogP contribution < -0.4 is 5.32 Å². The zero-order chi connectivity index (χ0) is 13.2. The Balaban J connectivity index is 2.27. The second-order valence-corrected chi connectivity index (χ2v) is 3.36. The molecule has 8 heteroatoms. The Morgan fingerprint density at radius 3 is 2.61 bits per heavy atom. The highest BCUT2D eigenvalue weighted by Gasteiger charge is 2.35. The fraction of sp³-hybridized carbons (Fsp3) is 0.200. The molecule has 1 aromatic carbocycles. The van der Waals surface area contributed by atoms with E-state index in [1.165, 1.54) is 12.1 Å². The van der Waals surface area contributed by atoms with Crippen LogP contribution in [0.1, 0.15) is 15.9 Å². The van der Waals surface area contributed by atoms with Gasteiger partial charge in [-0.15, -0.1) is 5.11 Å². The first-order chi connectivity index (χ1) is 8.48. The van der Waals surface area contributed by atoms with Crippen molar-refractivity contribution in [3.05, 3.63) is 35.4 Å². The Morgan fingerprint density at radius 1 is 1.28 bits per heavy atom. The van der Waals surface area contributed by atoms with Gasteiger partial charge in [0.25, 0.3) is 5.91 Å². The third-order valence-corrected chi connectivity index (χ3v) is 2.15. The summed E-state index contributed by atoms with van der Waals surface area (Å²) in [5.41, 5.74) is -1.48. The molecule has 0 unspecified atom stereocenters. The first kappa shape index (κ1) is 12.2. The van der Waals surface area contributed by atoms with E-state index < -0.39 is 23.2 Å². The maximum atomic E-state index is 12.7. The van der Waals surface area contributed by atoms with E-state index in [2.05, 4.69) is 20.5 Å². The second-order valence-electron chi connectivity index (χ2n) is 3.36. The van der Waals surface area contributed by atoms with Gasteiger partial charge in [0.05, 0.1) is 11.1 Å². The second kappa shape index (κ2) is 4.55. The van der Waals surface area contributed by atoms with E-state index in [0.29, 0.717) is 0 Å². The first-order valence-electron chi connectivity index (χ1n) is 4.88. The van der Waals surface area contributed by atoms with Gasteiger partial charge in [-0.1, -0.05) is 12.1 Å². The highest BCUT2D eigenvalue weighted by Crippen LogP contribution is 2.31. The van der Waals surface area contributed by atoms with Gasteiger partial charge >= 0.3 is 6.18 Å². The number of alkyl halides is 3. The maximum absolute atomic E-state index is 12.7. The third-order valence-electron chi connectivity index (χ3n) is 2.15. The van der Waals surface area contributed by atoms with Gasteiger partial charge in [-0.25, -0.2) is 4.99 Å². The number of carbonyl (C=O) groups excluding carboxylic acids is 1. The molecule has 0 saturated heterocycles. The number of hydrogen-bond donors (Lipinski definition) is 1. The molecule has 1 N–H and O–H groups in total. The number of carbonyl (C=O) groups is 1. The van der Waals surface area contributed by atoms with Crippen molar-refractivity contribution in [2.24, 2.45) is 15.2 Å². The van der Waals surface area contributed by atoms with Gasteiger partial charge in [0.15, 0.2) is 6.67 Å². The molecule has 18 heavy (non-hydrogen) atoms. The minimum Gasteiger partial charge on any atom is -0.289 e. The van der Waals surface area contributed by atoms with Crippen molar-refractivity contribution >= 4 is 11.9 Å². The Labute approximate surface area is 99.4 Å². The molecule has 0 radical (unpaired) electrons. The van der Waals surface area contributed by atoms with Crippen molar-refractivity contribution in [1.29, 1.82) is 0 Å². The molecule has 0 saturated carbocycles. The summed E-state index contributed by atoms with van der Waals surface area (Å²) in [6.07, 6.45) is -4.59. The number of amides is 1. The van der Waals surface area contributed by atoms with Crippen LogP contribution in [0.15, 0.2) is 39.5 Å². The number of aliphatic imine (C=N–C) groups is 1. The molecule has 1 heterocycles. The molecule has 0 bridgehead atoms. The molecule has 0 atom stereocenters. The molecular formula is C10H7F3N4O. The van der Waals surface area contributed by atoms with Crippen molar-refractivity contribution in [1.82, 2.24) is 5.32 Å². The Kier molecular flexibility index (Phi) is 3.09. The summed E-state index contributed by atoms with van der Waals surface area (Å²) in [6.45, 7) is 0.0660. The Bertz CT molecular complexity index is 536. The summed E-state index contributed by atoms with van der Waals surface area (Å²) in [5, 5.41) is 9.08. The molecule has 0 aromatic heterocycles. The molecule has 5 nitrogen and oxygen atoms in total. The van der Waals surface area contributed by atoms with Crippen LogP contribution in [0.2, 0.25) is 0 Å². The minimum atomic E-state index is -4.59. The lowest BCUT2D eigenvalue weighted by Gasteiger charge is -2.11. The van der Waals surface area contributed by atoms with E-state index in [0.717, 1.165) is 12.1 Å². The van der Waals surface area contributed by atoms with Crippen LogP contribution in [0.5, 0.6) is 0 Å². The first-order valence-corrected chi connectivity index (χ1v) is 4.88. The molecule has 1 aliphatic rings. The summed E-state index contributed by atoms with van der Waals surface area (Å²) in [6, 6.07) is 4.49. The lowest BCUT2D eigenvalue weighted by molar-refractivity contribution is -0.137. The minimum absolute atomic E-state index is 0.0660. The maximum Gasteiger partial charge on any atom is 0.417 e. The van der Waals surface area contributed by atoms with Crippen molar-refractivity contribution < 1.29 is 18.0 Å². The topological polar surface area (TPSA) is 66.2 Å². The lowest BCUT2D eigenvalue weighted by Crippen LogP contribution is -2.30. The van der Waals surface area contributed by atoms with Gasteiger partial charge in [-0.05, 0) is 12.1 Å². The molecule has 2 rings (SSSR count). The molecule has 1 aromatic rings. The van der Waals surface area contributed by atoms with E-state index in [1.54, 1.807) is 0 Å². The van der Waals surface area contributed by atoms with Gasteiger partial charge in [0.2, 0.25) is 5.96 Å². The monoisotopic (exact) mass is 256 g/mol. The van der Waals surface area contributed by atoms with E-state index in [-0.39, 0.29) is 12.6 Å². The van der Waals surface area contributed by atoms with E-state index in [9.17, 15) is 18.0 Å². The largest absolute Gasteiger partial charge is 0.417 e. The van der Waals surface area contributed by atoms with Crippen LogP contribution in [0.4, 0.5) is 13.2 Å². The molecule has 1 aliphatic heterocycles. The average Bonchev–Trinajstić information content (AvgIpc) is 2.80. The normalized spacial score (nSPS) is 14.5. The SMILES string of the molecule is O=C(NC1=NCN=N1)c1ccccc1C(F)(F)F. The third kappa shape index (κ3) is 2.53. The number of guanidine groups is 1. The van der Waals surface area contributed by atoms with Crippen LogP contribution >= 0.6 is 0 Å². The van der Waals surface area contributed by atoms with Gasteiger partial charge < -0.3 is 0 Å². The molecule has 0 fully saturated rings. The Morgan fingerprint density at radius 2 is 2.00 bits per heavy atom. The van der Waals surface area contributed by atoms with E-state index in [1.807, 2.05) is 0 Å². The van der Waals surface area contributed by atoms with Crippen LogP contribution in [-0.4, -0.2) is 18.5 Å². The van der Waals surface area contributed by atoms with Crippen molar-refractivity contribution in [2.75, 3.05) is 6.67 Å². The molecule has 0 aliphatic carbocycles. The highest BCUT2D eigenvalue weighted by molar-refractivity contribution is 6.06. The van der Waals surface area contributed by atoms with Crippen molar-refractivity contribution in [3.8, 4) is 0 Å². The number of hydrogen-bond acceptors (Lipinski definition) is 4. The predicted octanol–water partition coefficient (Wildman–Crippen LogP) is 2.21. The van der Waals surface area contributed by atoms with Gasteiger partial charge in [-0.3, -0.25) is 10.1 Å².